The van der Waals surface area contributed by atoms with E-state index in [4.69, 9.17) is 0 Å². The zero-order valence-corrected chi connectivity index (χ0v) is 8.79. The Kier molecular flexibility index (Phi) is 9.45. The van der Waals surface area contributed by atoms with Crippen molar-refractivity contribution >= 4 is 15.9 Å². The molecule has 0 atom stereocenters. The van der Waals surface area contributed by atoms with Crippen molar-refractivity contribution in [3.63, 3.8) is 0 Å². The van der Waals surface area contributed by atoms with Crippen LogP contribution in [-0.4, -0.2) is 5.33 Å². The Morgan fingerprint density at radius 2 is 1.50 bits per heavy atom. The minimum atomic E-state index is 0.663. The van der Waals surface area contributed by atoms with Crippen LogP contribution in [0.1, 0.15) is 26.2 Å². The van der Waals surface area contributed by atoms with Gasteiger partial charge in [0.2, 0.25) is 0 Å². The third-order valence-corrected chi connectivity index (χ3v) is 1.40. The third-order valence-electron chi connectivity index (χ3n) is 1.000. The SMILES string of the molecule is CC#CCC#CCC#CCCBr. The molecule has 0 unspecified atom stereocenters. The zero-order valence-electron chi connectivity index (χ0n) is 7.21. The van der Waals surface area contributed by atoms with Crippen LogP contribution in [0.4, 0.5) is 0 Å². The highest BCUT2D eigenvalue weighted by Gasteiger charge is 1.70. The normalized spacial score (nSPS) is 6.50. The summed E-state index contributed by atoms with van der Waals surface area (Å²) in [5, 5.41) is 0.939. The van der Waals surface area contributed by atoms with E-state index in [1.807, 2.05) is 6.92 Å². The van der Waals surface area contributed by atoms with Crippen molar-refractivity contribution in [3.05, 3.63) is 0 Å². The van der Waals surface area contributed by atoms with Crippen LogP contribution in [0.2, 0.25) is 0 Å². The molecule has 0 radical (unpaired) electrons. The Balaban J connectivity index is 3.44. The van der Waals surface area contributed by atoms with Gasteiger partial charge in [0.05, 0.1) is 12.8 Å². The van der Waals surface area contributed by atoms with Gasteiger partial charge in [-0.3, -0.25) is 0 Å². The average Bonchev–Trinajstić information content (AvgIpc) is 2.10. The van der Waals surface area contributed by atoms with E-state index in [0.29, 0.717) is 12.8 Å². The van der Waals surface area contributed by atoms with Gasteiger partial charge in [0, 0.05) is 11.8 Å². The summed E-state index contributed by atoms with van der Waals surface area (Å²) in [7, 11) is 0. The second-order valence-corrected chi connectivity index (χ2v) is 2.72. The maximum Gasteiger partial charge on any atom is 0.0702 e. The smallest absolute Gasteiger partial charge is 0.0702 e. The Morgan fingerprint density at radius 3 is 2.08 bits per heavy atom. The van der Waals surface area contributed by atoms with Crippen molar-refractivity contribution in [2.45, 2.75) is 26.2 Å². The monoisotopic (exact) mass is 222 g/mol. The van der Waals surface area contributed by atoms with Crippen LogP contribution in [0.3, 0.4) is 0 Å². The van der Waals surface area contributed by atoms with Gasteiger partial charge in [-0.15, -0.1) is 11.8 Å². The molecule has 0 bridgehead atoms. The van der Waals surface area contributed by atoms with E-state index in [1.165, 1.54) is 0 Å². The fourth-order valence-electron chi connectivity index (χ4n) is 0.500. The fourth-order valence-corrected chi connectivity index (χ4v) is 0.698. The molecular formula is C11H11Br. The topological polar surface area (TPSA) is 0 Å². The van der Waals surface area contributed by atoms with Gasteiger partial charge in [-0.05, 0) is 6.92 Å². The summed E-state index contributed by atoms with van der Waals surface area (Å²) in [6.07, 6.45) is 2.23. The van der Waals surface area contributed by atoms with Crippen LogP contribution in [0.25, 0.3) is 0 Å². The molecule has 62 valence electrons. The minimum absolute atomic E-state index is 0.663. The van der Waals surface area contributed by atoms with E-state index < -0.39 is 0 Å². The number of halogens is 1. The molecular weight excluding hydrogens is 212 g/mol. The Labute approximate surface area is 83.3 Å². The van der Waals surface area contributed by atoms with Gasteiger partial charge < -0.3 is 0 Å². The van der Waals surface area contributed by atoms with Crippen molar-refractivity contribution in [3.8, 4) is 35.5 Å². The molecule has 0 aliphatic heterocycles. The van der Waals surface area contributed by atoms with E-state index in [1.54, 1.807) is 0 Å². The van der Waals surface area contributed by atoms with Crippen molar-refractivity contribution in [2.24, 2.45) is 0 Å². The maximum atomic E-state index is 3.30. The molecule has 0 aliphatic rings. The van der Waals surface area contributed by atoms with Crippen LogP contribution >= 0.6 is 15.9 Å². The first-order chi connectivity index (χ1) is 5.91. The molecule has 12 heavy (non-hydrogen) atoms. The molecule has 0 spiro atoms. The number of hydrogen-bond acceptors (Lipinski definition) is 0. The maximum absolute atomic E-state index is 3.30. The third kappa shape index (κ3) is 9.16. The van der Waals surface area contributed by atoms with Gasteiger partial charge in [-0.1, -0.05) is 39.6 Å². The highest BCUT2D eigenvalue weighted by atomic mass is 79.9. The molecule has 1 heteroatoms. The molecule has 0 saturated carbocycles. The standard InChI is InChI=1S/C11H11Br/c1-2-3-4-5-6-7-8-9-10-11-12/h4,7,10-11H2,1H3. The van der Waals surface area contributed by atoms with Crippen LogP contribution in [0.15, 0.2) is 0 Å². The predicted molar refractivity (Wildman–Crippen MR) is 56.6 cm³/mol. The van der Waals surface area contributed by atoms with Gasteiger partial charge in [0.1, 0.15) is 0 Å². The van der Waals surface area contributed by atoms with Crippen LogP contribution < -0.4 is 0 Å². The molecule has 0 nitrogen and oxygen atoms in total. The molecule has 0 N–H and O–H groups in total. The predicted octanol–water partition coefficient (Wildman–Crippen LogP) is 2.58. The second kappa shape index (κ2) is 10.2. The summed E-state index contributed by atoms with van der Waals surface area (Å²) < 4.78 is 0. The Hall–Kier alpha value is -0.840. The average molecular weight is 223 g/mol. The van der Waals surface area contributed by atoms with Gasteiger partial charge in [-0.25, -0.2) is 0 Å². The summed E-state index contributed by atoms with van der Waals surface area (Å²) in [5.74, 6) is 17.5. The zero-order chi connectivity index (χ0) is 9.07. The number of hydrogen-bond donors (Lipinski definition) is 0. The van der Waals surface area contributed by atoms with E-state index in [0.717, 1.165) is 11.8 Å². The molecule has 0 amide bonds. The summed E-state index contributed by atoms with van der Waals surface area (Å²) >= 11 is 3.30. The van der Waals surface area contributed by atoms with Crippen LogP contribution in [-0.2, 0) is 0 Å². The van der Waals surface area contributed by atoms with E-state index in [-0.39, 0.29) is 0 Å². The van der Waals surface area contributed by atoms with Crippen molar-refractivity contribution < 1.29 is 0 Å². The van der Waals surface area contributed by atoms with Crippen molar-refractivity contribution in [1.82, 2.24) is 0 Å². The van der Waals surface area contributed by atoms with Gasteiger partial charge >= 0.3 is 0 Å². The largest absolute Gasteiger partial charge is 0.106 e. The highest BCUT2D eigenvalue weighted by molar-refractivity contribution is 9.09. The fraction of sp³-hybridized carbons (Fsp3) is 0.455. The molecule has 0 aromatic rings. The lowest BCUT2D eigenvalue weighted by Crippen LogP contribution is -1.66. The van der Waals surface area contributed by atoms with Crippen LogP contribution in [0.5, 0.6) is 0 Å². The first-order valence-electron chi connectivity index (χ1n) is 3.79. The highest BCUT2D eigenvalue weighted by Crippen LogP contribution is 1.84. The van der Waals surface area contributed by atoms with Crippen molar-refractivity contribution in [2.75, 3.05) is 5.33 Å². The van der Waals surface area contributed by atoms with E-state index >= 15 is 0 Å². The van der Waals surface area contributed by atoms with E-state index in [2.05, 4.69) is 51.5 Å². The lowest BCUT2D eigenvalue weighted by molar-refractivity contribution is 1.31. The summed E-state index contributed by atoms with van der Waals surface area (Å²) in [5.41, 5.74) is 0. The number of alkyl halides is 1. The van der Waals surface area contributed by atoms with Gasteiger partial charge in [0.25, 0.3) is 0 Å². The molecule has 0 saturated heterocycles. The lowest BCUT2D eigenvalue weighted by atomic mass is 10.3. The first-order valence-corrected chi connectivity index (χ1v) is 4.91. The quantitative estimate of drug-likeness (QED) is 0.473. The molecule has 0 rings (SSSR count). The molecule has 0 aliphatic carbocycles. The second-order valence-electron chi connectivity index (χ2n) is 1.93. The molecule has 0 aromatic heterocycles. The lowest BCUT2D eigenvalue weighted by Gasteiger charge is -1.74. The Morgan fingerprint density at radius 1 is 0.917 bits per heavy atom. The minimum Gasteiger partial charge on any atom is -0.106 e. The van der Waals surface area contributed by atoms with Gasteiger partial charge in [-0.2, -0.15) is 0 Å². The van der Waals surface area contributed by atoms with Crippen molar-refractivity contribution in [1.29, 1.82) is 0 Å². The molecule has 0 aromatic carbocycles. The van der Waals surface area contributed by atoms with Crippen LogP contribution in [0, 0.1) is 35.5 Å². The molecule has 0 fully saturated rings. The first kappa shape index (κ1) is 11.2. The van der Waals surface area contributed by atoms with E-state index in [9.17, 15) is 0 Å². The summed E-state index contributed by atoms with van der Waals surface area (Å²) in [4.78, 5) is 0. The summed E-state index contributed by atoms with van der Waals surface area (Å²) in [6, 6.07) is 0. The summed E-state index contributed by atoms with van der Waals surface area (Å²) in [6.45, 7) is 1.82. The number of rotatable bonds is 1. The Bertz CT molecular complexity index is 269. The molecule has 0 heterocycles. The van der Waals surface area contributed by atoms with Gasteiger partial charge in [0.15, 0.2) is 0 Å².